The average molecular weight is 362 g/mol. The molecule has 1 atom stereocenters. The number of fused-ring (bicyclic) bond motifs is 1. The minimum atomic E-state index is -0.0110. The van der Waals surface area contributed by atoms with Crippen LogP contribution in [0.3, 0.4) is 0 Å². The van der Waals surface area contributed by atoms with Gasteiger partial charge in [0.2, 0.25) is 5.91 Å². The lowest BCUT2D eigenvalue weighted by molar-refractivity contribution is -0.117. The molecule has 140 valence electrons. The fraction of sp³-hybridized carbons (Fsp3) is 0.348. The molecule has 2 aliphatic rings. The number of hydrogen-bond acceptors (Lipinski definition) is 3. The van der Waals surface area contributed by atoms with Crippen molar-refractivity contribution in [2.45, 2.75) is 31.9 Å². The summed E-state index contributed by atoms with van der Waals surface area (Å²) in [6.45, 7) is 3.09. The SMILES string of the molecule is O=C(NCCN1Cc2ccccc2O[C@@H](c2ccccc2)C1)C1=CCCC1. The van der Waals surface area contributed by atoms with Crippen molar-refractivity contribution in [2.24, 2.45) is 0 Å². The molecular formula is C23H26N2O2. The van der Waals surface area contributed by atoms with Crippen LogP contribution in [0.2, 0.25) is 0 Å². The Bertz CT molecular complexity index is 816. The first-order valence-electron chi connectivity index (χ1n) is 9.79. The third kappa shape index (κ3) is 4.40. The first-order chi connectivity index (χ1) is 13.3. The Kier molecular flexibility index (Phi) is 5.54. The van der Waals surface area contributed by atoms with Gasteiger partial charge in [0.1, 0.15) is 11.9 Å². The molecule has 27 heavy (non-hydrogen) atoms. The number of rotatable bonds is 5. The van der Waals surface area contributed by atoms with Crippen LogP contribution in [0, 0.1) is 0 Å². The van der Waals surface area contributed by atoms with E-state index >= 15 is 0 Å². The summed E-state index contributed by atoms with van der Waals surface area (Å²) in [4.78, 5) is 14.6. The van der Waals surface area contributed by atoms with Crippen LogP contribution in [0.15, 0.2) is 66.2 Å². The molecule has 0 radical (unpaired) electrons. The van der Waals surface area contributed by atoms with Crippen LogP contribution < -0.4 is 10.1 Å². The van der Waals surface area contributed by atoms with E-state index in [-0.39, 0.29) is 12.0 Å². The number of amides is 1. The Balaban J connectivity index is 1.44. The van der Waals surface area contributed by atoms with E-state index in [4.69, 9.17) is 4.74 Å². The molecule has 4 rings (SSSR count). The van der Waals surface area contributed by atoms with E-state index in [2.05, 4.69) is 52.7 Å². The van der Waals surface area contributed by atoms with E-state index in [9.17, 15) is 4.79 Å². The first-order valence-corrected chi connectivity index (χ1v) is 9.79. The second-order valence-corrected chi connectivity index (χ2v) is 7.24. The molecule has 4 heteroatoms. The maximum Gasteiger partial charge on any atom is 0.246 e. The summed E-state index contributed by atoms with van der Waals surface area (Å²) in [6, 6.07) is 18.6. The van der Waals surface area contributed by atoms with Crippen LogP contribution in [0.5, 0.6) is 5.75 Å². The number of carbonyl (C=O) groups is 1. The fourth-order valence-corrected chi connectivity index (χ4v) is 3.81. The van der Waals surface area contributed by atoms with Crippen molar-refractivity contribution >= 4 is 5.91 Å². The Morgan fingerprint density at radius 2 is 1.93 bits per heavy atom. The topological polar surface area (TPSA) is 41.6 Å². The van der Waals surface area contributed by atoms with Gasteiger partial charge < -0.3 is 10.1 Å². The number of carbonyl (C=O) groups excluding carboxylic acids is 1. The monoisotopic (exact) mass is 362 g/mol. The molecule has 0 saturated carbocycles. The predicted molar refractivity (Wildman–Crippen MR) is 106 cm³/mol. The quantitative estimate of drug-likeness (QED) is 0.878. The Morgan fingerprint density at radius 1 is 1.11 bits per heavy atom. The second-order valence-electron chi connectivity index (χ2n) is 7.24. The summed E-state index contributed by atoms with van der Waals surface area (Å²) in [5, 5.41) is 3.08. The molecule has 1 aliphatic carbocycles. The molecule has 0 spiro atoms. The van der Waals surface area contributed by atoms with E-state index < -0.39 is 0 Å². The number of para-hydroxylation sites is 1. The van der Waals surface area contributed by atoms with E-state index in [1.54, 1.807) is 0 Å². The molecule has 1 amide bonds. The Labute approximate surface area is 160 Å². The van der Waals surface area contributed by atoms with Gasteiger partial charge in [0.05, 0.1) is 0 Å². The summed E-state index contributed by atoms with van der Waals surface area (Å²) in [6.07, 6.45) is 5.09. The smallest absolute Gasteiger partial charge is 0.246 e. The molecule has 2 aromatic rings. The summed E-state index contributed by atoms with van der Waals surface area (Å²) >= 11 is 0. The van der Waals surface area contributed by atoms with Gasteiger partial charge in [-0.2, -0.15) is 0 Å². The number of nitrogens with one attached hydrogen (secondary N) is 1. The molecule has 2 aromatic carbocycles. The molecule has 0 fully saturated rings. The molecule has 0 saturated heterocycles. The van der Waals surface area contributed by atoms with Gasteiger partial charge in [0.15, 0.2) is 0 Å². The van der Waals surface area contributed by atoms with Crippen LogP contribution in [-0.4, -0.2) is 30.4 Å². The van der Waals surface area contributed by atoms with Crippen LogP contribution >= 0.6 is 0 Å². The highest BCUT2D eigenvalue weighted by Gasteiger charge is 2.24. The van der Waals surface area contributed by atoms with Gasteiger partial charge in [0.25, 0.3) is 0 Å². The van der Waals surface area contributed by atoms with Gasteiger partial charge in [-0.15, -0.1) is 0 Å². The van der Waals surface area contributed by atoms with Crippen molar-refractivity contribution in [3.05, 3.63) is 77.4 Å². The van der Waals surface area contributed by atoms with Gasteiger partial charge in [-0.1, -0.05) is 54.6 Å². The minimum absolute atomic E-state index is 0.0110. The van der Waals surface area contributed by atoms with Gasteiger partial charge in [0, 0.05) is 37.3 Å². The highest BCUT2D eigenvalue weighted by molar-refractivity contribution is 5.93. The lowest BCUT2D eigenvalue weighted by Crippen LogP contribution is -2.36. The summed E-state index contributed by atoms with van der Waals surface area (Å²) in [7, 11) is 0. The van der Waals surface area contributed by atoms with Crippen molar-refractivity contribution in [1.29, 1.82) is 0 Å². The lowest BCUT2D eigenvalue weighted by atomic mass is 10.1. The summed E-state index contributed by atoms with van der Waals surface area (Å²) in [5.41, 5.74) is 3.32. The largest absolute Gasteiger partial charge is 0.484 e. The second kappa shape index (κ2) is 8.40. The normalized spacial score (nSPS) is 19.6. The van der Waals surface area contributed by atoms with E-state index in [1.807, 2.05) is 18.2 Å². The maximum atomic E-state index is 12.2. The molecule has 0 aromatic heterocycles. The maximum absolute atomic E-state index is 12.2. The van der Waals surface area contributed by atoms with E-state index in [0.29, 0.717) is 6.54 Å². The van der Waals surface area contributed by atoms with Crippen molar-refractivity contribution in [3.63, 3.8) is 0 Å². The zero-order valence-corrected chi connectivity index (χ0v) is 15.6. The molecule has 4 nitrogen and oxygen atoms in total. The van der Waals surface area contributed by atoms with Crippen molar-refractivity contribution in [1.82, 2.24) is 10.2 Å². The van der Waals surface area contributed by atoms with Crippen molar-refractivity contribution in [2.75, 3.05) is 19.6 Å². The number of hydrogen-bond donors (Lipinski definition) is 1. The minimum Gasteiger partial charge on any atom is -0.484 e. The van der Waals surface area contributed by atoms with Crippen LogP contribution in [0.1, 0.15) is 36.5 Å². The lowest BCUT2D eigenvalue weighted by Gasteiger charge is -2.24. The molecule has 1 aliphatic heterocycles. The predicted octanol–water partition coefficient (Wildman–Crippen LogP) is 3.85. The molecule has 1 heterocycles. The highest BCUT2D eigenvalue weighted by Crippen LogP contribution is 2.30. The Hall–Kier alpha value is -2.59. The van der Waals surface area contributed by atoms with Crippen LogP contribution in [0.25, 0.3) is 0 Å². The standard InChI is InChI=1S/C23H26N2O2/c26-23(19-10-4-5-11-19)24-14-15-25-16-20-12-6-7-13-21(20)27-22(17-25)18-8-2-1-3-9-18/h1-3,6-10,12-13,22H,4-5,11,14-17H2,(H,24,26)/t22-/m1/s1. The molecule has 0 unspecified atom stereocenters. The summed E-state index contributed by atoms with van der Waals surface area (Å²) in [5.74, 6) is 1.05. The Morgan fingerprint density at radius 3 is 2.74 bits per heavy atom. The van der Waals surface area contributed by atoms with Crippen molar-refractivity contribution in [3.8, 4) is 5.75 Å². The third-order valence-corrected chi connectivity index (χ3v) is 5.28. The van der Waals surface area contributed by atoms with E-state index in [0.717, 1.165) is 50.2 Å². The zero-order valence-electron chi connectivity index (χ0n) is 15.6. The average Bonchev–Trinajstić information content (AvgIpc) is 3.17. The summed E-state index contributed by atoms with van der Waals surface area (Å²) < 4.78 is 6.34. The van der Waals surface area contributed by atoms with Gasteiger partial charge in [-0.05, 0) is 30.9 Å². The number of benzene rings is 2. The number of nitrogens with zero attached hydrogens (tertiary/aromatic N) is 1. The van der Waals surface area contributed by atoms with Crippen molar-refractivity contribution < 1.29 is 9.53 Å². The fourth-order valence-electron chi connectivity index (χ4n) is 3.81. The third-order valence-electron chi connectivity index (χ3n) is 5.28. The first kappa shape index (κ1) is 17.8. The molecule has 0 bridgehead atoms. The highest BCUT2D eigenvalue weighted by atomic mass is 16.5. The van der Waals surface area contributed by atoms with Gasteiger partial charge >= 0.3 is 0 Å². The zero-order chi connectivity index (χ0) is 18.5. The van der Waals surface area contributed by atoms with E-state index in [1.165, 1.54) is 11.1 Å². The van der Waals surface area contributed by atoms with Gasteiger partial charge in [-0.3, -0.25) is 9.69 Å². The van der Waals surface area contributed by atoms with Crippen LogP contribution in [0.4, 0.5) is 0 Å². The molecule has 1 N–H and O–H groups in total. The molecular weight excluding hydrogens is 336 g/mol. The number of ether oxygens (including phenoxy) is 1. The van der Waals surface area contributed by atoms with Gasteiger partial charge in [-0.25, -0.2) is 0 Å². The van der Waals surface area contributed by atoms with Crippen LogP contribution in [-0.2, 0) is 11.3 Å². The number of allylic oxidation sites excluding steroid dienone is 1.